The predicted octanol–water partition coefficient (Wildman–Crippen LogP) is 2.31. The Morgan fingerprint density at radius 2 is 2.09 bits per heavy atom. The summed E-state index contributed by atoms with van der Waals surface area (Å²) in [4.78, 5) is 25.5. The Labute approximate surface area is 129 Å². The average Bonchev–Trinajstić information content (AvgIpc) is 2.54. The van der Waals surface area contributed by atoms with Crippen LogP contribution in [0.4, 0.5) is 9.18 Å². The fourth-order valence-corrected chi connectivity index (χ4v) is 2.51. The van der Waals surface area contributed by atoms with Gasteiger partial charge in [0.1, 0.15) is 5.82 Å². The molecule has 0 radical (unpaired) electrons. The largest absolute Gasteiger partial charge is 0.466 e. The molecule has 0 bridgehead atoms. The van der Waals surface area contributed by atoms with Crippen molar-refractivity contribution in [3.8, 4) is 0 Å². The molecule has 0 spiro atoms. The molecule has 1 heterocycles. The van der Waals surface area contributed by atoms with Gasteiger partial charge in [0.15, 0.2) is 0 Å². The number of nitrogens with one attached hydrogen (secondary N) is 1. The van der Waals surface area contributed by atoms with Crippen molar-refractivity contribution in [3.05, 3.63) is 35.6 Å². The van der Waals surface area contributed by atoms with E-state index in [2.05, 4.69) is 5.32 Å². The summed E-state index contributed by atoms with van der Waals surface area (Å²) in [5.41, 5.74) is 0.828. The number of esters is 1. The van der Waals surface area contributed by atoms with Crippen molar-refractivity contribution in [1.29, 1.82) is 0 Å². The van der Waals surface area contributed by atoms with Gasteiger partial charge >= 0.3 is 12.0 Å². The maximum Gasteiger partial charge on any atom is 0.317 e. The second-order valence-electron chi connectivity index (χ2n) is 5.32. The van der Waals surface area contributed by atoms with E-state index in [1.807, 2.05) is 0 Å². The molecule has 2 amide bonds. The third kappa shape index (κ3) is 4.44. The van der Waals surface area contributed by atoms with Crippen LogP contribution in [0, 0.1) is 11.7 Å². The number of ether oxygens (including phenoxy) is 1. The van der Waals surface area contributed by atoms with Gasteiger partial charge in [0.05, 0.1) is 12.5 Å². The second-order valence-corrected chi connectivity index (χ2v) is 5.32. The van der Waals surface area contributed by atoms with Crippen molar-refractivity contribution in [3.63, 3.8) is 0 Å². The fourth-order valence-electron chi connectivity index (χ4n) is 2.51. The van der Waals surface area contributed by atoms with Crippen LogP contribution in [-0.2, 0) is 16.1 Å². The number of hydrogen-bond donors (Lipinski definition) is 1. The fraction of sp³-hybridized carbons (Fsp3) is 0.500. The lowest BCUT2D eigenvalue weighted by Gasteiger charge is -2.31. The summed E-state index contributed by atoms with van der Waals surface area (Å²) in [6, 6.07) is 5.78. The van der Waals surface area contributed by atoms with Crippen LogP contribution >= 0.6 is 0 Å². The summed E-state index contributed by atoms with van der Waals surface area (Å²) in [6.45, 7) is 3.47. The second kappa shape index (κ2) is 7.77. The van der Waals surface area contributed by atoms with E-state index in [0.29, 0.717) is 26.2 Å². The van der Waals surface area contributed by atoms with Crippen molar-refractivity contribution in [1.82, 2.24) is 10.2 Å². The maximum absolute atomic E-state index is 12.8. The number of piperidine rings is 1. The summed E-state index contributed by atoms with van der Waals surface area (Å²) in [7, 11) is 0. The SMILES string of the molecule is CCOC(=O)C1CCCN(C(=O)NCc2ccc(F)cc2)C1. The van der Waals surface area contributed by atoms with Crippen LogP contribution in [0.15, 0.2) is 24.3 Å². The molecule has 0 saturated carbocycles. The highest BCUT2D eigenvalue weighted by atomic mass is 19.1. The molecule has 1 atom stereocenters. The van der Waals surface area contributed by atoms with Gasteiger partial charge < -0.3 is 15.0 Å². The molecule has 1 saturated heterocycles. The van der Waals surface area contributed by atoms with Crippen LogP contribution in [0.1, 0.15) is 25.3 Å². The minimum atomic E-state index is -0.302. The molecule has 2 rings (SSSR count). The first kappa shape index (κ1) is 16.3. The van der Waals surface area contributed by atoms with Crippen molar-refractivity contribution < 1.29 is 18.7 Å². The molecule has 1 N–H and O–H groups in total. The van der Waals surface area contributed by atoms with Crippen molar-refractivity contribution in [2.75, 3.05) is 19.7 Å². The van der Waals surface area contributed by atoms with Gasteiger partial charge in [-0.3, -0.25) is 4.79 Å². The van der Waals surface area contributed by atoms with Crippen LogP contribution in [-0.4, -0.2) is 36.6 Å². The topological polar surface area (TPSA) is 58.6 Å². The van der Waals surface area contributed by atoms with E-state index >= 15 is 0 Å². The first-order valence-corrected chi connectivity index (χ1v) is 7.54. The van der Waals surface area contributed by atoms with Crippen molar-refractivity contribution >= 4 is 12.0 Å². The van der Waals surface area contributed by atoms with Gasteiger partial charge in [0.25, 0.3) is 0 Å². The molecule has 120 valence electrons. The number of nitrogens with zero attached hydrogens (tertiary/aromatic N) is 1. The van der Waals surface area contributed by atoms with E-state index in [4.69, 9.17) is 4.74 Å². The summed E-state index contributed by atoms with van der Waals surface area (Å²) in [5.74, 6) is -0.785. The molecular formula is C16H21FN2O3. The summed E-state index contributed by atoms with van der Waals surface area (Å²) < 4.78 is 17.8. The first-order chi connectivity index (χ1) is 10.6. The zero-order valence-electron chi connectivity index (χ0n) is 12.7. The molecular weight excluding hydrogens is 287 g/mol. The Kier molecular flexibility index (Phi) is 5.75. The summed E-state index contributed by atoms with van der Waals surface area (Å²) >= 11 is 0. The van der Waals surface area contributed by atoms with E-state index < -0.39 is 0 Å². The summed E-state index contributed by atoms with van der Waals surface area (Å²) in [6.07, 6.45) is 1.54. The van der Waals surface area contributed by atoms with Crippen LogP contribution in [0.3, 0.4) is 0 Å². The molecule has 0 aliphatic carbocycles. The minimum absolute atomic E-state index is 0.210. The van der Waals surface area contributed by atoms with Crippen LogP contribution in [0.2, 0.25) is 0 Å². The number of likely N-dealkylation sites (tertiary alicyclic amines) is 1. The zero-order chi connectivity index (χ0) is 15.9. The van der Waals surface area contributed by atoms with Crippen molar-refractivity contribution in [2.45, 2.75) is 26.3 Å². The number of benzene rings is 1. The molecule has 1 fully saturated rings. The van der Waals surface area contributed by atoms with Crippen LogP contribution in [0.25, 0.3) is 0 Å². The molecule has 22 heavy (non-hydrogen) atoms. The van der Waals surface area contributed by atoms with Gasteiger partial charge in [0.2, 0.25) is 0 Å². The molecule has 1 unspecified atom stereocenters. The van der Waals surface area contributed by atoms with Gasteiger partial charge in [-0.1, -0.05) is 12.1 Å². The zero-order valence-corrected chi connectivity index (χ0v) is 12.7. The standard InChI is InChI=1S/C16H21FN2O3/c1-2-22-15(20)13-4-3-9-19(11-13)16(21)18-10-12-5-7-14(17)8-6-12/h5-8,13H,2-4,9-11H2,1H3,(H,18,21). The molecule has 6 heteroatoms. The Balaban J connectivity index is 1.83. The van der Waals surface area contributed by atoms with Gasteiger partial charge in [-0.25, -0.2) is 9.18 Å². The first-order valence-electron chi connectivity index (χ1n) is 7.54. The number of hydrogen-bond acceptors (Lipinski definition) is 3. The Bertz CT molecular complexity index is 519. The molecule has 5 nitrogen and oxygen atoms in total. The number of carbonyl (C=O) groups excluding carboxylic acids is 2. The van der Waals surface area contributed by atoms with Gasteiger partial charge in [0, 0.05) is 19.6 Å². The van der Waals surface area contributed by atoms with E-state index in [0.717, 1.165) is 18.4 Å². The lowest BCUT2D eigenvalue weighted by Crippen LogP contribution is -2.47. The third-order valence-electron chi connectivity index (χ3n) is 3.69. The Morgan fingerprint density at radius 3 is 2.77 bits per heavy atom. The van der Waals surface area contributed by atoms with E-state index in [1.54, 1.807) is 24.0 Å². The number of carbonyl (C=O) groups is 2. The predicted molar refractivity (Wildman–Crippen MR) is 79.6 cm³/mol. The van der Waals surface area contributed by atoms with Gasteiger partial charge in [-0.05, 0) is 37.5 Å². The molecule has 1 aromatic rings. The number of rotatable bonds is 4. The Morgan fingerprint density at radius 1 is 1.36 bits per heavy atom. The molecule has 1 aliphatic heterocycles. The molecule has 1 aromatic carbocycles. The lowest BCUT2D eigenvalue weighted by molar-refractivity contribution is -0.149. The smallest absolute Gasteiger partial charge is 0.317 e. The normalized spacial score (nSPS) is 17.9. The molecule has 1 aliphatic rings. The van der Waals surface area contributed by atoms with Crippen LogP contribution < -0.4 is 5.32 Å². The average molecular weight is 308 g/mol. The monoisotopic (exact) mass is 308 g/mol. The highest BCUT2D eigenvalue weighted by Crippen LogP contribution is 2.18. The number of urea groups is 1. The summed E-state index contributed by atoms with van der Waals surface area (Å²) in [5, 5.41) is 2.79. The number of amides is 2. The maximum atomic E-state index is 12.8. The Hall–Kier alpha value is -2.11. The highest BCUT2D eigenvalue weighted by molar-refractivity contribution is 5.77. The third-order valence-corrected chi connectivity index (χ3v) is 3.69. The number of halogens is 1. The van der Waals surface area contributed by atoms with Gasteiger partial charge in [-0.2, -0.15) is 0 Å². The molecule has 0 aromatic heterocycles. The van der Waals surface area contributed by atoms with E-state index in [-0.39, 0.29) is 23.7 Å². The lowest BCUT2D eigenvalue weighted by atomic mass is 9.98. The van der Waals surface area contributed by atoms with Gasteiger partial charge in [-0.15, -0.1) is 0 Å². The van der Waals surface area contributed by atoms with E-state index in [1.165, 1.54) is 12.1 Å². The van der Waals surface area contributed by atoms with E-state index in [9.17, 15) is 14.0 Å². The van der Waals surface area contributed by atoms with Crippen LogP contribution in [0.5, 0.6) is 0 Å². The van der Waals surface area contributed by atoms with Crippen molar-refractivity contribution in [2.24, 2.45) is 5.92 Å². The minimum Gasteiger partial charge on any atom is -0.466 e. The quantitative estimate of drug-likeness (QED) is 0.868. The highest BCUT2D eigenvalue weighted by Gasteiger charge is 2.29.